The van der Waals surface area contributed by atoms with Gasteiger partial charge in [0.25, 0.3) is 0 Å². The summed E-state index contributed by atoms with van der Waals surface area (Å²) in [6.45, 7) is 7.40. The molecule has 0 aromatic heterocycles. The topological polar surface area (TPSA) is 57.0 Å². The van der Waals surface area contributed by atoms with E-state index in [1.54, 1.807) is 0 Å². The highest BCUT2D eigenvalue weighted by atomic mass is 79.9. The van der Waals surface area contributed by atoms with E-state index in [9.17, 15) is 0 Å². The molecule has 0 bridgehead atoms. The van der Waals surface area contributed by atoms with Crippen LogP contribution < -0.4 is 15.2 Å². The van der Waals surface area contributed by atoms with Crippen molar-refractivity contribution in [1.82, 2.24) is 4.90 Å². The monoisotopic (exact) mass is 388 g/mol. The predicted molar refractivity (Wildman–Crippen MR) is 94.0 cm³/mol. The first-order valence-corrected chi connectivity index (χ1v) is 8.51. The van der Waals surface area contributed by atoms with Crippen molar-refractivity contribution in [2.24, 2.45) is 5.73 Å². The molecular formula is C15H21BrN2O3S. The quantitative estimate of drug-likeness (QED) is 0.722. The Morgan fingerprint density at radius 3 is 2.73 bits per heavy atom. The lowest BCUT2D eigenvalue weighted by molar-refractivity contribution is 0.0320. The van der Waals surface area contributed by atoms with E-state index < -0.39 is 0 Å². The number of hydrogen-bond acceptors (Lipinski definition) is 5. The Bertz CT molecular complexity index is 522. The zero-order chi connectivity index (χ0) is 15.9. The van der Waals surface area contributed by atoms with Gasteiger partial charge >= 0.3 is 0 Å². The van der Waals surface area contributed by atoms with Gasteiger partial charge in [0.1, 0.15) is 11.6 Å². The number of nitrogens with two attached hydrogens (primary N) is 1. The molecule has 1 fully saturated rings. The Labute approximate surface area is 144 Å². The van der Waals surface area contributed by atoms with Crippen molar-refractivity contribution >= 4 is 33.1 Å². The summed E-state index contributed by atoms with van der Waals surface area (Å²) in [6, 6.07) is 3.68. The molecular weight excluding hydrogens is 368 g/mol. The molecule has 2 N–H and O–H groups in total. The molecule has 0 unspecified atom stereocenters. The Morgan fingerprint density at radius 2 is 2.09 bits per heavy atom. The Balaban J connectivity index is 2.03. The van der Waals surface area contributed by atoms with Gasteiger partial charge in [-0.15, -0.1) is 0 Å². The fourth-order valence-corrected chi connectivity index (χ4v) is 2.89. The van der Waals surface area contributed by atoms with Crippen molar-refractivity contribution in [2.45, 2.75) is 6.92 Å². The molecule has 0 atom stereocenters. The van der Waals surface area contributed by atoms with Crippen molar-refractivity contribution in [3.8, 4) is 11.5 Å². The van der Waals surface area contributed by atoms with Gasteiger partial charge in [-0.2, -0.15) is 0 Å². The predicted octanol–water partition coefficient (Wildman–Crippen LogP) is 2.19. The van der Waals surface area contributed by atoms with Gasteiger partial charge in [0.2, 0.25) is 0 Å². The van der Waals surface area contributed by atoms with Gasteiger partial charge in [0.05, 0.1) is 24.3 Å². The maximum atomic E-state index is 5.92. The third kappa shape index (κ3) is 4.81. The van der Waals surface area contributed by atoms with E-state index in [-0.39, 0.29) is 0 Å². The molecule has 1 heterocycles. The van der Waals surface area contributed by atoms with Gasteiger partial charge in [-0.3, -0.25) is 4.90 Å². The standard InChI is InChI=1S/C15H21BrN2O3S/c1-2-20-13-10-11(15(17)22)9-12(16)14(13)21-8-5-18-3-6-19-7-4-18/h9-10H,2-8H2,1H3,(H2,17,22). The summed E-state index contributed by atoms with van der Waals surface area (Å²) in [4.78, 5) is 2.66. The van der Waals surface area contributed by atoms with E-state index in [1.807, 2.05) is 19.1 Å². The van der Waals surface area contributed by atoms with Gasteiger partial charge < -0.3 is 19.9 Å². The van der Waals surface area contributed by atoms with Gasteiger partial charge in [0.15, 0.2) is 11.5 Å². The molecule has 0 amide bonds. The Kier molecular flexibility index (Phi) is 6.88. The fourth-order valence-electron chi connectivity index (χ4n) is 2.21. The SMILES string of the molecule is CCOc1cc(C(N)=S)cc(Br)c1OCCN1CCOCC1. The molecule has 1 saturated heterocycles. The second-order valence-corrected chi connectivity index (χ2v) is 6.18. The van der Waals surface area contributed by atoms with E-state index in [0.717, 1.165) is 42.9 Å². The van der Waals surface area contributed by atoms with Crippen molar-refractivity contribution in [3.05, 3.63) is 22.2 Å². The highest BCUT2D eigenvalue weighted by Gasteiger charge is 2.15. The number of ether oxygens (including phenoxy) is 3. The van der Waals surface area contributed by atoms with E-state index in [1.165, 1.54) is 0 Å². The van der Waals surface area contributed by atoms with Crippen LogP contribution in [0.25, 0.3) is 0 Å². The normalized spacial score (nSPS) is 15.5. The fraction of sp³-hybridized carbons (Fsp3) is 0.533. The van der Waals surface area contributed by atoms with Crippen LogP contribution in [0.1, 0.15) is 12.5 Å². The second-order valence-electron chi connectivity index (χ2n) is 4.89. The Hall–Kier alpha value is -0.890. The van der Waals surface area contributed by atoms with E-state index >= 15 is 0 Å². The average molecular weight is 389 g/mol. The van der Waals surface area contributed by atoms with E-state index in [4.69, 9.17) is 32.2 Å². The van der Waals surface area contributed by atoms with E-state index in [0.29, 0.717) is 29.7 Å². The number of halogens is 1. The van der Waals surface area contributed by atoms with Crippen LogP contribution in [0.15, 0.2) is 16.6 Å². The first-order chi connectivity index (χ1) is 10.6. The molecule has 1 aliphatic rings. The van der Waals surface area contributed by atoms with Crippen LogP contribution in [0.5, 0.6) is 11.5 Å². The third-order valence-corrected chi connectivity index (χ3v) is 4.18. The summed E-state index contributed by atoms with van der Waals surface area (Å²) in [7, 11) is 0. The smallest absolute Gasteiger partial charge is 0.175 e. The highest BCUT2D eigenvalue weighted by molar-refractivity contribution is 9.10. The lowest BCUT2D eigenvalue weighted by atomic mass is 10.2. The average Bonchev–Trinajstić information content (AvgIpc) is 2.50. The second kappa shape index (κ2) is 8.67. The van der Waals surface area contributed by atoms with Crippen LogP contribution in [-0.2, 0) is 4.74 Å². The van der Waals surface area contributed by atoms with Crippen molar-refractivity contribution in [3.63, 3.8) is 0 Å². The summed E-state index contributed by atoms with van der Waals surface area (Å²) in [5.74, 6) is 1.34. The van der Waals surface area contributed by atoms with E-state index in [2.05, 4.69) is 20.8 Å². The van der Waals surface area contributed by atoms with Crippen LogP contribution in [0.4, 0.5) is 0 Å². The minimum Gasteiger partial charge on any atom is -0.490 e. The molecule has 22 heavy (non-hydrogen) atoms. The third-order valence-electron chi connectivity index (χ3n) is 3.35. The molecule has 2 rings (SSSR count). The minimum absolute atomic E-state index is 0.335. The van der Waals surface area contributed by atoms with Crippen molar-refractivity contribution in [2.75, 3.05) is 46.1 Å². The van der Waals surface area contributed by atoms with Crippen LogP contribution in [-0.4, -0.2) is 56.0 Å². The van der Waals surface area contributed by atoms with Gasteiger partial charge in [-0.05, 0) is 35.0 Å². The number of hydrogen-bond donors (Lipinski definition) is 1. The maximum Gasteiger partial charge on any atom is 0.175 e. The molecule has 1 aromatic rings. The summed E-state index contributed by atoms with van der Waals surface area (Å²) < 4.78 is 17.7. The zero-order valence-corrected chi connectivity index (χ0v) is 15.0. The number of benzene rings is 1. The van der Waals surface area contributed by atoms with Gasteiger partial charge in [-0.1, -0.05) is 12.2 Å². The molecule has 0 saturated carbocycles. The largest absolute Gasteiger partial charge is 0.490 e. The zero-order valence-electron chi connectivity index (χ0n) is 12.6. The molecule has 1 aromatic carbocycles. The molecule has 5 nitrogen and oxygen atoms in total. The number of rotatable bonds is 7. The van der Waals surface area contributed by atoms with Crippen LogP contribution >= 0.6 is 28.1 Å². The first-order valence-electron chi connectivity index (χ1n) is 7.31. The van der Waals surface area contributed by atoms with Gasteiger partial charge in [-0.25, -0.2) is 0 Å². The lowest BCUT2D eigenvalue weighted by Crippen LogP contribution is -2.38. The van der Waals surface area contributed by atoms with Crippen molar-refractivity contribution < 1.29 is 14.2 Å². The highest BCUT2D eigenvalue weighted by Crippen LogP contribution is 2.37. The van der Waals surface area contributed by atoms with Crippen LogP contribution in [0.2, 0.25) is 0 Å². The molecule has 0 aliphatic carbocycles. The maximum absolute atomic E-state index is 5.92. The van der Waals surface area contributed by atoms with Crippen LogP contribution in [0.3, 0.4) is 0 Å². The summed E-state index contributed by atoms with van der Waals surface area (Å²) in [6.07, 6.45) is 0. The molecule has 7 heteroatoms. The summed E-state index contributed by atoms with van der Waals surface area (Å²) in [5.41, 5.74) is 6.45. The number of morpholine rings is 1. The van der Waals surface area contributed by atoms with Crippen molar-refractivity contribution in [1.29, 1.82) is 0 Å². The van der Waals surface area contributed by atoms with Crippen LogP contribution in [0, 0.1) is 0 Å². The minimum atomic E-state index is 0.335. The molecule has 0 radical (unpaired) electrons. The molecule has 122 valence electrons. The summed E-state index contributed by atoms with van der Waals surface area (Å²) >= 11 is 8.53. The number of nitrogens with zero attached hydrogens (tertiary/aromatic N) is 1. The summed E-state index contributed by atoms with van der Waals surface area (Å²) in [5, 5.41) is 0. The molecule has 0 spiro atoms. The number of thiocarbonyl (C=S) groups is 1. The van der Waals surface area contributed by atoms with Gasteiger partial charge in [0, 0.05) is 25.2 Å². The first kappa shape index (κ1) is 17.5. The Morgan fingerprint density at radius 1 is 1.36 bits per heavy atom. The molecule has 1 aliphatic heterocycles. The lowest BCUT2D eigenvalue weighted by Gasteiger charge is -2.26.